The van der Waals surface area contributed by atoms with Crippen molar-refractivity contribution in [2.75, 3.05) is 5.32 Å². The SMILES string of the molecule is C[C@H](OC(=O)c1ccc(F)cc1)C(=O)Nc1ccc(F)c(F)c1F. The van der Waals surface area contributed by atoms with E-state index in [0.717, 1.165) is 30.3 Å². The summed E-state index contributed by atoms with van der Waals surface area (Å²) in [5.74, 6) is -7.10. The number of nitrogens with one attached hydrogen (secondary N) is 1. The molecule has 1 amide bonds. The molecule has 0 aliphatic carbocycles. The number of halogens is 4. The Kier molecular flexibility index (Phi) is 5.18. The van der Waals surface area contributed by atoms with Gasteiger partial charge in [-0.25, -0.2) is 22.4 Å². The van der Waals surface area contributed by atoms with Crippen LogP contribution in [0.1, 0.15) is 17.3 Å². The lowest BCUT2D eigenvalue weighted by atomic mass is 10.2. The Balaban J connectivity index is 2.03. The van der Waals surface area contributed by atoms with Crippen molar-refractivity contribution in [2.45, 2.75) is 13.0 Å². The van der Waals surface area contributed by atoms with E-state index < -0.39 is 46.9 Å². The van der Waals surface area contributed by atoms with Crippen LogP contribution in [0, 0.1) is 23.3 Å². The number of carbonyl (C=O) groups excluding carboxylic acids is 2. The zero-order chi connectivity index (χ0) is 17.9. The number of anilines is 1. The first-order valence-electron chi connectivity index (χ1n) is 6.70. The lowest BCUT2D eigenvalue weighted by Crippen LogP contribution is -2.30. The Morgan fingerprint density at radius 3 is 2.21 bits per heavy atom. The standard InChI is InChI=1S/C16H11F4NO3/c1-8(24-16(23)9-2-4-10(17)5-3-9)15(22)21-12-7-6-11(18)13(19)14(12)20/h2-8H,1H3,(H,21,22)/t8-/m0/s1. The molecule has 1 N–H and O–H groups in total. The Labute approximate surface area is 134 Å². The van der Waals surface area contributed by atoms with E-state index in [4.69, 9.17) is 4.74 Å². The molecule has 0 aromatic heterocycles. The lowest BCUT2D eigenvalue weighted by molar-refractivity contribution is -0.123. The molecule has 0 aliphatic heterocycles. The summed E-state index contributed by atoms with van der Waals surface area (Å²) in [5, 5.41) is 1.99. The summed E-state index contributed by atoms with van der Waals surface area (Å²) in [5.41, 5.74) is -0.585. The van der Waals surface area contributed by atoms with Gasteiger partial charge >= 0.3 is 5.97 Å². The number of rotatable bonds is 4. The van der Waals surface area contributed by atoms with Gasteiger partial charge in [-0.1, -0.05) is 0 Å². The molecule has 1 atom stereocenters. The number of carbonyl (C=O) groups is 2. The van der Waals surface area contributed by atoms with Crippen molar-refractivity contribution >= 4 is 17.6 Å². The first kappa shape index (κ1) is 17.5. The molecule has 0 unspecified atom stereocenters. The van der Waals surface area contributed by atoms with Crippen LogP contribution in [0.2, 0.25) is 0 Å². The highest BCUT2D eigenvalue weighted by Gasteiger charge is 2.22. The molecule has 0 bridgehead atoms. The fourth-order valence-electron chi connectivity index (χ4n) is 1.72. The first-order valence-corrected chi connectivity index (χ1v) is 6.70. The van der Waals surface area contributed by atoms with E-state index >= 15 is 0 Å². The maximum Gasteiger partial charge on any atom is 0.338 e. The fourth-order valence-corrected chi connectivity index (χ4v) is 1.72. The van der Waals surface area contributed by atoms with Crippen LogP contribution >= 0.6 is 0 Å². The minimum Gasteiger partial charge on any atom is -0.449 e. The lowest BCUT2D eigenvalue weighted by Gasteiger charge is -2.14. The second-order valence-corrected chi connectivity index (χ2v) is 4.77. The molecule has 2 rings (SSSR count). The number of hydrogen-bond acceptors (Lipinski definition) is 3. The monoisotopic (exact) mass is 341 g/mol. The number of ether oxygens (including phenoxy) is 1. The van der Waals surface area contributed by atoms with Crippen LogP contribution in [0.4, 0.5) is 23.2 Å². The second-order valence-electron chi connectivity index (χ2n) is 4.77. The van der Waals surface area contributed by atoms with Crippen molar-refractivity contribution in [1.82, 2.24) is 0 Å². The predicted molar refractivity (Wildman–Crippen MR) is 76.2 cm³/mol. The summed E-state index contributed by atoms with van der Waals surface area (Å²) < 4.78 is 57.0. The summed E-state index contributed by atoms with van der Waals surface area (Å²) >= 11 is 0. The van der Waals surface area contributed by atoms with Crippen LogP contribution in [0.3, 0.4) is 0 Å². The highest BCUT2D eigenvalue weighted by atomic mass is 19.2. The van der Waals surface area contributed by atoms with Gasteiger partial charge in [-0.15, -0.1) is 0 Å². The van der Waals surface area contributed by atoms with E-state index in [1.165, 1.54) is 6.92 Å². The van der Waals surface area contributed by atoms with Gasteiger partial charge < -0.3 is 10.1 Å². The van der Waals surface area contributed by atoms with E-state index in [9.17, 15) is 27.2 Å². The highest BCUT2D eigenvalue weighted by molar-refractivity contribution is 5.97. The second kappa shape index (κ2) is 7.12. The van der Waals surface area contributed by atoms with Gasteiger partial charge in [-0.3, -0.25) is 4.79 Å². The molecular weight excluding hydrogens is 330 g/mol. The number of hydrogen-bond donors (Lipinski definition) is 1. The third-order valence-electron chi connectivity index (χ3n) is 3.03. The molecule has 0 heterocycles. The molecule has 4 nitrogen and oxygen atoms in total. The van der Waals surface area contributed by atoms with E-state index in [1.54, 1.807) is 0 Å². The minimum atomic E-state index is -1.73. The number of amides is 1. The van der Waals surface area contributed by atoms with Crippen molar-refractivity contribution in [3.8, 4) is 0 Å². The van der Waals surface area contributed by atoms with Gasteiger partial charge in [0.25, 0.3) is 5.91 Å². The summed E-state index contributed by atoms with van der Waals surface area (Å²) in [4.78, 5) is 23.6. The van der Waals surface area contributed by atoms with Crippen LogP contribution in [-0.2, 0) is 9.53 Å². The number of benzene rings is 2. The van der Waals surface area contributed by atoms with Crippen molar-refractivity contribution in [3.05, 3.63) is 65.2 Å². The summed E-state index contributed by atoms with van der Waals surface area (Å²) in [6, 6.07) is 5.88. The molecule has 2 aromatic rings. The van der Waals surface area contributed by atoms with Crippen LogP contribution in [0.15, 0.2) is 36.4 Å². The molecule has 8 heteroatoms. The van der Waals surface area contributed by atoms with E-state index in [1.807, 2.05) is 5.32 Å². The maximum atomic E-state index is 13.5. The van der Waals surface area contributed by atoms with Crippen molar-refractivity contribution in [3.63, 3.8) is 0 Å². The zero-order valence-corrected chi connectivity index (χ0v) is 12.3. The van der Waals surface area contributed by atoms with Gasteiger partial charge in [0.05, 0.1) is 11.3 Å². The molecule has 24 heavy (non-hydrogen) atoms. The van der Waals surface area contributed by atoms with Crippen LogP contribution in [0.25, 0.3) is 0 Å². The molecular formula is C16H11F4NO3. The predicted octanol–water partition coefficient (Wildman–Crippen LogP) is 3.43. The minimum absolute atomic E-state index is 0.00931. The van der Waals surface area contributed by atoms with Gasteiger partial charge in [0.1, 0.15) is 5.82 Å². The average Bonchev–Trinajstić information content (AvgIpc) is 2.55. The Hall–Kier alpha value is -2.90. The van der Waals surface area contributed by atoms with Crippen molar-refractivity contribution in [2.24, 2.45) is 0 Å². The fraction of sp³-hybridized carbons (Fsp3) is 0.125. The first-order chi connectivity index (χ1) is 11.3. The van der Waals surface area contributed by atoms with Crippen molar-refractivity contribution in [1.29, 1.82) is 0 Å². The van der Waals surface area contributed by atoms with Gasteiger partial charge in [-0.05, 0) is 43.3 Å². The van der Waals surface area contributed by atoms with Crippen molar-refractivity contribution < 1.29 is 31.9 Å². The average molecular weight is 341 g/mol. The molecule has 0 saturated carbocycles. The van der Waals surface area contributed by atoms with E-state index in [2.05, 4.69) is 0 Å². The molecule has 0 saturated heterocycles. The van der Waals surface area contributed by atoms with Crippen LogP contribution < -0.4 is 5.32 Å². The van der Waals surface area contributed by atoms with Gasteiger partial charge in [-0.2, -0.15) is 0 Å². The summed E-state index contributed by atoms with van der Waals surface area (Å²) in [6.45, 7) is 1.20. The van der Waals surface area contributed by atoms with Gasteiger partial charge in [0, 0.05) is 0 Å². The molecule has 0 radical (unpaired) electrons. The Bertz CT molecular complexity index is 778. The van der Waals surface area contributed by atoms with Crippen LogP contribution in [-0.4, -0.2) is 18.0 Å². The molecule has 0 fully saturated rings. The van der Waals surface area contributed by atoms with Crippen LogP contribution in [0.5, 0.6) is 0 Å². The summed E-state index contributed by atoms with van der Waals surface area (Å²) in [6.07, 6.45) is -1.35. The smallest absolute Gasteiger partial charge is 0.338 e. The van der Waals surface area contributed by atoms with E-state index in [0.29, 0.717) is 6.07 Å². The molecule has 2 aromatic carbocycles. The quantitative estimate of drug-likeness (QED) is 0.527. The summed E-state index contributed by atoms with van der Waals surface area (Å²) in [7, 11) is 0. The number of esters is 1. The Morgan fingerprint density at radius 2 is 1.58 bits per heavy atom. The molecule has 0 spiro atoms. The topological polar surface area (TPSA) is 55.4 Å². The van der Waals surface area contributed by atoms with E-state index in [-0.39, 0.29) is 5.56 Å². The Morgan fingerprint density at radius 1 is 0.958 bits per heavy atom. The maximum absolute atomic E-state index is 13.5. The highest BCUT2D eigenvalue weighted by Crippen LogP contribution is 2.20. The largest absolute Gasteiger partial charge is 0.449 e. The zero-order valence-electron chi connectivity index (χ0n) is 12.3. The normalized spacial score (nSPS) is 11.7. The third kappa shape index (κ3) is 3.89. The molecule has 126 valence electrons. The van der Waals surface area contributed by atoms with Gasteiger partial charge in [0.15, 0.2) is 23.6 Å². The van der Waals surface area contributed by atoms with Gasteiger partial charge in [0.2, 0.25) is 0 Å². The third-order valence-corrected chi connectivity index (χ3v) is 3.03. The molecule has 0 aliphatic rings.